The van der Waals surface area contributed by atoms with E-state index in [1.54, 1.807) is 6.07 Å². The smallest absolute Gasteiger partial charge is 0.339 e. The summed E-state index contributed by atoms with van der Waals surface area (Å²) in [6, 6.07) is 7.38. The molecule has 0 aliphatic carbocycles. The minimum atomic E-state index is -1.53. The zero-order valence-electron chi connectivity index (χ0n) is 11.0. The van der Waals surface area contributed by atoms with Gasteiger partial charge in [-0.3, -0.25) is 10.1 Å². The van der Waals surface area contributed by atoms with E-state index in [1.807, 2.05) is 0 Å². The van der Waals surface area contributed by atoms with Crippen LogP contribution in [-0.2, 0) is 6.61 Å². The zero-order valence-corrected chi connectivity index (χ0v) is 11.0. The molecule has 114 valence electrons. The number of benzene rings is 2. The van der Waals surface area contributed by atoms with Gasteiger partial charge in [-0.05, 0) is 23.8 Å². The van der Waals surface area contributed by atoms with Gasteiger partial charge in [-0.2, -0.15) is 0 Å². The average Bonchev–Trinajstić information content (AvgIpc) is 2.45. The quantitative estimate of drug-likeness (QED) is 0.649. The minimum absolute atomic E-state index is 0.112. The first-order valence-electron chi connectivity index (χ1n) is 6.00. The Morgan fingerprint density at radius 2 is 2.05 bits per heavy atom. The number of nitro benzene ring substituents is 1. The Morgan fingerprint density at radius 3 is 2.64 bits per heavy atom. The number of aromatic hydroxyl groups is 1. The number of ether oxygens (including phenoxy) is 1. The Morgan fingerprint density at radius 1 is 1.32 bits per heavy atom. The van der Waals surface area contributed by atoms with Crippen LogP contribution in [0.5, 0.6) is 11.5 Å². The predicted octanol–water partition coefficient (Wildman–Crippen LogP) is 2.72. The van der Waals surface area contributed by atoms with E-state index in [9.17, 15) is 24.4 Å². The molecule has 0 aliphatic heterocycles. The van der Waals surface area contributed by atoms with Crippen molar-refractivity contribution in [3.8, 4) is 11.5 Å². The molecule has 0 saturated heterocycles. The highest BCUT2D eigenvalue weighted by Crippen LogP contribution is 2.34. The van der Waals surface area contributed by atoms with Crippen LogP contribution in [0.25, 0.3) is 0 Å². The molecule has 0 spiro atoms. The number of rotatable bonds is 5. The molecule has 22 heavy (non-hydrogen) atoms. The number of carboxylic acids is 1. The van der Waals surface area contributed by atoms with E-state index in [0.29, 0.717) is 5.56 Å². The molecule has 0 aliphatic rings. The first-order chi connectivity index (χ1) is 10.4. The monoisotopic (exact) mass is 307 g/mol. The molecule has 0 saturated carbocycles. The first kappa shape index (κ1) is 15.2. The zero-order chi connectivity index (χ0) is 16.3. The highest BCUT2D eigenvalue weighted by atomic mass is 19.1. The lowest BCUT2D eigenvalue weighted by atomic mass is 10.1. The lowest BCUT2D eigenvalue weighted by Gasteiger charge is -2.08. The van der Waals surface area contributed by atoms with E-state index >= 15 is 0 Å². The summed E-state index contributed by atoms with van der Waals surface area (Å²) < 4.78 is 18.3. The van der Waals surface area contributed by atoms with Gasteiger partial charge in [0, 0.05) is 0 Å². The highest BCUT2D eigenvalue weighted by Gasteiger charge is 2.23. The van der Waals surface area contributed by atoms with E-state index in [0.717, 1.165) is 12.1 Å². The van der Waals surface area contributed by atoms with Crippen molar-refractivity contribution in [2.24, 2.45) is 0 Å². The Labute approximate surface area is 123 Å². The number of halogens is 1. The van der Waals surface area contributed by atoms with Gasteiger partial charge in [0.15, 0.2) is 0 Å². The van der Waals surface area contributed by atoms with Crippen molar-refractivity contribution in [3.05, 3.63) is 63.5 Å². The van der Waals surface area contributed by atoms with Gasteiger partial charge < -0.3 is 14.9 Å². The summed E-state index contributed by atoms with van der Waals surface area (Å²) in [7, 11) is 0. The van der Waals surface area contributed by atoms with Crippen molar-refractivity contribution >= 4 is 11.7 Å². The third kappa shape index (κ3) is 3.29. The summed E-state index contributed by atoms with van der Waals surface area (Å²) in [4.78, 5) is 20.9. The van der Waals surface area contributed by atoms with Gasteiger partial charge in [0.25, 0.3) is 0 Å². The second kappa shape index (κ2) is 6.08. The fourth-order valence-electron chi connectivity index (χ4n) is 1.77. The molecule has 0 atom stereocenters. The number of aromatic carboxylic acids is 1. The van der Waals surface area contributed by atoms with Crippen molar-refractivity contribution in [1.29, 1.82) is 0 Å². The second-order valence-corrected chi connectivity index (χ2v) is 4.32. The highest BCUT2D eigenvalue weighted by molar-refractivity contribution is 5.93. The fourth-order valence-corrected chi connectivity index (χ4v) is 1.77. The molecular weight excluding hydrogens is 297 g/mol. The maximum absolute atomic E-state index is 13.0. The molecule has 8 heteroatoms. The number of carbonyl (C=O) groups is 1. The second-order valence-electron chi connectivity index (χ2n) is 4.32. The Balaban J connectivity index is 2.31. The van der Waals surface area contributed by atoms with Gasteiger partial charge in [0.05, 0.1) is 11.0 Å². The minimum Gasteiger partial charge on any atom is -0.501 e. The summed E-state index contributed by atoms with van der Waals surface area (Å²) in [6.45, 7) is -0.112. The maximum atomic E-state index is 13.0. The SMILES string of the molecule is O=C(O)c1cc(OCc2cccc(F)c2)cc([N+](=O)[O-])c1O. The van der Waals surface area contributed by atoms with Crippen LogP contribution in [0, 0.1) is 15.9 Å². The number of nitrogens with zero attached hydrogens (tertiary/aromatic N) is 1. The van der Waals surface area contributed by atoms with E-state index < -0.39 is 33.7 Å². The topological polar surface area (TPSA) is 110 Å². The Bertz CT molecular complexity index is 711. The molecule has 2 N–H and O–H groups in total. The number of nitro groups is 1. The lowest BCUT2D eigenvalue weighted by molar-refractivity contribution is -0.386. The van der Waals surface area contributed by atoms with Crippen LogP contribution in [0.2, 0.25) is 0 Å². The largest absolute Gasteiger partial charge is 0.501 e. The van der Waals surface area contributed by atoms with Gasteiger partial charge in [-0.1, -0.05) is 12.1 Å². The summed E-state index contributed by atoms with van der Waals surface area (Å²) >= 11 is 0. The molecular formula is C14H10FNO6. The summed E-state index contributed by atoms with van der Waals surface area (Å²) in [6.07, 6.45) is 0. The van der Waals surface area contributed by atoms with Crippen LogP contribution >= 0.6 is 0 Å². The van der Waals surface area contributed by atoms with Gasteiger partial charge in [-0.25, -0.2) is 9.18 Å². The van der Waals surface area contributed by atoms with Crippen molar-refractivity contribution in [1.82, 2.24) is 0 Å². The third-order valence-corrected chi connectivity index (χ3v) is 2.78. The molecule has 0 amide bonds. The predicted molar refractivity (Wildman–Crippen MR) is 72.5 cm³/mol. The van der Waals surface area contributed by atoms with Crippen LogP contribution in [0.1, 0.15) is 15.9 Å². The Kier molecular flexibility index (Phi) is 4.21. The van der Waals surface area contributed by atoms with Crippen LogP contribution < -0.4 is 4.74 Å². The van der Waals surface area contributed by atoms with Crippen molar-refractivity contribution in [2.45, 2.75) is 6.61 Å². The van der Waals surface area contributed by atoms with E-state index in [2.05, 4.69) is 0 Å². The molecule has 2 rings (SSSR count). The lowest BCUT2D eigenvalue weighted by Crippen LogP contribution is -2.02. The average molecular weight is 307 g/mol. The third-order valence-electron chi connectivity index (χ3n) is 2.78. The first-order valence-corrected chi connectivity index (χ1v) is 6.00. The van der Waals surface area contributed by atoms with Crippen molar-refractivity contribution in [3.63, 3.8) is 0 Å². The Hall–Kier alpha value is -3.16. The van der Waals surface area contributed by atoms with Crippen molar-refractivity contribution < 1.29 is 29.1 Å². The normalized spacial score (nSPS) is 10.2. The molecule has 0 aromatic heterocycles. The van der Waals surface area contributed by atoms with Gasteiger partial charge in [-0.15, -0.1) is 0 Å². The number of phenols is 1. The van der Waals surface area contributed by atoms with E-state index in [4.69, 9.17) is 9.84 Å². The molecule has 0 heterocycles. The summed E-state index contributed by atoms with van der Waals surface area (Å²) in [5.41, 5.74) is -0.967. The number of carboxylic acid groups (broad SMARTS) is 1. The molecule has 7 nitrogen and oxygen atoms in total. The molecule has 0 unspecified atom stereocenters. The van der Waals surface area contributed by atoms with E-state index in [1.165, 1.54) is 18.2 Å². The van der Waals surface area contributed by atoms with Gasteiger partial charge in [0.2, 0.25) is 5.75 Å². The van der Waals surface area contributed by atoms with Crippen LogP contribution in [0.4, 0.5) is 10.1 Å². The molecule has 0 bridgehead atoms. The molecule has 2 aromatic rings. The van der Waals surface area contributed by atoms with Crippen LogP contribution in [0.3, 0.4) is 0 Å². The van der Waals surface area contributed by atoms with E-state index in [-0.39, 0.29) is 12.4 Å². The fraction of sp³-hybridized carbons (Fsp3) is 0.0714. The molecule has 0 radical (unpaired) electrons. The standard InChI is InChI=1S/C14H10FNO6/c15-9-3-1-2-8(4-9)7-22-10-5-11(14(18)19)13(17)12(6-10)16(20)21/h1-6,17H,7H2,(H,18,19). The summed E-state index contributed by atoms with van der Waals surface area (Å²) in [5, 5.41) is 29.3. The number of hydrogen-bond acceptors (Lipinski definition) is 5. The van der Waals surface area contributed by atoms with Gasteiger partial charge >= 0.3 is 11.7 Å². The molecule has 2 aromatic carbocycles. The van der Waals surface area contributed by atoms with Crippen LogP contribution in [0.15, 0.2) is 36.4 Å². The van der Waals surface area contributed by atoms with Crippen LogP contribution in [-0.4, -0.2) is 21.1 Å². The molecule has 0 fully saturated rings. The number of hydrogen-bond donors (Lipinski definition) is 2. The maximum Gasteiger partial charge on any atom is 0.339 e. The van der Waals surface area contributed by atoms with Crippen molar-refractivity contribution in [2.75, 3.05) is 0 Å². The van der Waals surface area contributed by atoms with Gasteiger partial charge in [0.1, 0.15) is 23.7 Å². The summed E-state index contributed by atoms with van der Waals surface area (Å²) in [5.74, 6) is -3.07.